The molecule has 1 fully saturated rings. The first-order chi connectivity index (χ1) is 12.5. The molecule has 1 atom stereocenters. The second-order valence-corrected chi connectivity index (χ2v) is 6.38. The maximum absolute atomic E-state index is 12.5. The fourth-order valence-corrected chi connectivity index (χ4v) is 2.76. The fourth-order valence-electron chi connectivity index (χ4n) is 2.76. The summed E-state index contributed by atoms with van der Waals surface area (Å²) in [5.74, 6) is 0.0382. The van der Waals surface area contributed by atoms with E-state index in [1.54, 1.807) is 24.0 Å². The van der Waals surface area contributed by atoms with Crippen LogP contribution in [0.15, 0.2) is 54.6 Å². The maximum atomic E-state index is 12.5. The summed E-state index contributed by atoms with van der Waals surface area (Å²) in [5.41, 5.74) is 0.556. The van der Waals surface area contributed by atoms with Crippen molar-refractivity contribution in [3.05, 3.63) is 54.6 Å². The van der Waals surface area contributed by atoms with E-state index in [-0.39, 0.29) is 18.5 Å². The van der Waals surface area contributed by atoms with Gasteiger partial charge < -0.3 is 15.2 Å². The number of aliphatic carboxylic acids is 1. The molecule has 6 nitrogen and oxygen atoms in total. The lowest BCUT2D eigenvalue weighted by molar-refractivity contribution is -0.143. The largest absolute Gasteiger partial charge is 0.480 e. The predicted molar refractivity (Wildman–Crippen MR) is 98.4 cm³/mol. The lowest BCUT2D eigenvalue weighted by Crippen LogP contribution is -2.44. The Morgan fingerprint density at radius 1 is 1.15 bits per heavy atom. The summed E-state index contributed by atoms with van der Waals surface area (Å²) in [6.45, 7) is 1.65. The molecule has 0 bridgehead atoms. The van der Waals surface area contributed by atoms with E-state index in [1.165, 1.54) is 0 Å². The molecule has 0 saturated heterocycles. The third-order valence-electron chi connectivity index (χ3n) is 4.33. The maximum Gasteiger partial charge on any atom is 0.320 e. The Hall–Kier alpha value is -2.86. The van der Waals surface area contributed by atoms with E-state index in [0.29, 0.717) is 17.2 Å². The zero-order valence-corrected chi connectivity index (χ0v) is 14.6. The molecule has 0 aliphatic heterocycles. The van der Waals surface area contributed by atoms with Crippen molar-refractivity contribution in [3.63, 3.8) is 0 Å². The van der Waals surface area contributed by atoms with Gasteiger partial charge in [-0.3, -0.25) is 14.5 Å². The SMILES string of the molecule is CC(C(=O)O)N(CC(=O)Nc1ccccc1Oc1ccccc1)C1CC1. The number of rotatable bonds is 8. The van der Waals surface area contributed by atoms with Gasteiger partial charge in [-0.25, -0.2) is 0 Å². The van der Waals surface area contributed by atoms with E-state index in [2.05, 4.69) is 5.32 Å². The summed E-state index contributed by atoms with van der Waals surface area (Å²) in [4.78, 5) is 25.5. The van der Waals surface area contributed by atoms with Crippen LogP contribution in [-0.4, -0.2) is 40.5 Å². The molecule has 1 aliphatic rings. The highest BCUT2D eigenvalue weighted by atomic mass is 16.5. The van der Waals surface area contributed by atoms with Crippen LogP contribution in [0.5, 0.6) is 11.5 Å². The van der Waals surface area contributed by atoms with Gasteiger partial charge in [0.2, 0.25) is 5.91 Å². The number of carboxylic acids is 1. The fraction of sp³-hybridized carbons (Fsp3) is 0.300. The van der Waals surface area contributed by atoms with E-state index in [9.17, 15) is 14.7 Å². The third kappa shape index (κ3) is 4.61. The van der Waals surface area contributed by atoms with Gasteiger partial charge in [-0.2, -0.15) is 0 Å². The van der Waals surface area contributed by atoms with Gasteiger partial charge >= 0.3 is 5.97 Å². The molecule has 0 aromatic heterocycles. The number of benzene rings is 2. The van der Waals surface area contributed by atoms with Crippen LogP contribution in [0.4, 0.5) is 5.69 Å². The van der Waals surface area contributed by atoms with Crippen LogP contribution in [0.1, 0.15) is 19.8 Å². The van der Waals surface area contributed by atoms with Crippen LogP contribution in [-0.2, 0) is 9.59 Å². The number of carbonyl (C=O) groups is 2. The van der Waals surface area contributed by atoms with Crippen molar-refractivity contribution in [2.24, 2.45) is 0 Å². The molecular formula is C20H22N2O4. The average Bonchev–Trinajstić information content (AvgIpc) is 3.46. The second kappa shape index (κ2) is 8.01. The Kier molecular flexibility index (Phi) is 5.53. The number of ether oxygens (including phenoxy) is 1. The Labute approximate surface area is 152 Å². The Morgan fingerprint density at radius 3 is 2.46 bits per heavy atom. The average molecular weight is 354 g/mol. The van der Waals surface area contributed by atoms with Crippen LogP contribution in [0.25, 0.3) is 0 Å². The first-order valence-corrected chi connectivity index (χ1v) is 8.65. The summed E-state index contributed by atoms with van der Waals surface area (Å²) in [6.07, 6.45) is 1.86. The summed E-state index contributed by atoms with van der Waals surface area (Å²) in [7, 11) is 0. The van der Waals surface area contributed by atoms with Crippen molar-refractivity contribution in [2.45, 2.75) is 31.8 Å². The summed E-state index contributed by atoms with van der Waals surface area (Å²) in [6, 6.07) is 16.0. The van der Waals surface area contributed by atoms with Crippen molar-refractivity contribution >= 4 is 17.6 Å². The minimum Gasteiger partial charge on any atom is -0.480 e. The molecule has 2 N–H and O–H groups in total. The minimum atomic E-state index is -0.919. The number of nitrogens with one attached hydrogen (secondary N) is 1. The molecule has 1 saturated carbocycles. The molecule has 0 heterocycles. The summed E-state index contributed by atoms with van der Waals surface area (Å²) in [5, 5.41) is 12.1. The number of hydrogen-bond donors (Lipinski definition) is 2. The van der Waals surface area contributed by atoms with Gasteiger partial charge in [0.15, 0.2) is 5.75 Å². The van der Waals surface area contributed by atoms with E-state index >= 15 is 0 Å². The van der Waals surface area contributed by atoms with Crippen molar-refractivity contribution in [1.29, 1.82) is 0 Å². The quantitative estimate of drug-likeness (QED) is 0.760. The molecule has 2 aromatic carbocycles. The first kappa shape index (κ1) is 17.9. The number of para-hydroxylation sites is 3. The van der Waals surface area contributed by atoms with Crippen LogP contribution < -0.4 is 10.1 Å². The molecule has 1 unspecified atom stereocenters. The highest BCUT2D eigenvalue weighted by molar-refractivity contribution is 5.94. The van der Waals surface area contributed by atoms with Gasteiger partial charge in [0.1, 0.15) is 11.8 Å². The van der Waals surface area contributed by atoms with E-state index < -0.39 is 12.0 Å². The number of amides is 1. The molecule has 1 aliphatic carbocycles. The Morgan fingerprint density at radius 2 is 1.81 bits per heavy atom. The van der Waals surface area contributed by atoms with Gasteiger partial charge in [-0.15, -0.1) is 0 Å². The number of hydrogen-bond acceptors (Lipinski definition) is 4. The predicted octanol–water partition coefficient (Wildman–Crippen LogP) is 3.35. The lowest BCUT2D eigenvalue weighted by atomic mass is 10.2. The lowest BCUT2D eigenvalue weighted by Gasteiger charge is -2.25. The zero-order valence-electron chi connectivity index (χ0n) is 14.6. The number of carbonyl (C=O) groups excluding carboxylic acids is 1. The van der Waals surface area contributed by atoms with E-state index in [0.717, 1.165) is 12.8 Å². The van der Waals surface area contributed by atoms with Crippen LogP contribution in [0, 0.1) is 0 Å². The van der Waals surface area contributed by atoms with Crippen LogP contribution in [0.3, 0.4) is 0 Å². The van der Waals surface area contributed by atoms with Gasteiger partial charge in [0, 0.05) is 6.04 Å². The smallest absolute Gasteiger partial charge is 0.320 e. The Bertz CT molecular complexity index is 774. The van der Waals surface area contributed by atoms with Crippen molar-refractivity contribution in [1.82, 2.24) is 4.90 Å². The summed E-state index contributed by atoms with van der Waals surface area (Å²) >= 11 is 0. The highest BCUT2D eigenvalue weighted by Gasteiger charge is 2.36. The summed E-state index contributed by atoms with van der Waals surface area (Å²) < 4.78 is 5.84. The first-order valence-electron chi connectivity index (χ1n) is 8.65. The molecule has 0 radical (unpaired) electrons. The monoisotopic (exact) mass is 354 g/mol. The van der Waals surface area contributed by atoms with Gasteiger partial charge in [-0.05, 0) is 44.0 Å². The second-order valence-electron chi connectivity index (χ2n) is 6.38. The van der Waals surface area contributed by atoms with E-state index in [1.807, 2.05) is 42.5 Å². The van der Waals surface area contributed by atoms with Crippen LogP contribution in [0.2, 0.25) is 0 Å². The Balaban J connectivity index is 1.68. The molecule has 3 rings (SSSR count). The molecule has 136 valence electrons. The molecule has 1 amide bonds. The van der Waals surface area contributed by atoms with Gasteiger partial charge in [0.25, 0.3) is 0 Å². The molecule has 6 heteroatoms. The number of anilines is 1. The van der Waals surface area contributed by atoms with Crippen molar-refractivity contribution in [3.8, 4) is 11.5 Å². The topological polar surface area (TPSA) is 78.9 Å². The number of carboxylic acid groups (broad SMARTS) is 1. The highest BCUT2D eigenvalue weighted by Crippen LogP contribution is 2.30. The minimum absolute atomic E-state index is 0.0395. The molecule has 26 heavy (non-hydrogen) atoms. The number of nitrogens with zero attached hydrogens (tertiary/aromatic N) is 1. The molecular weight excluding hydrogens is 332 g/mol. The van der Waals surface area contributed by atoms with Crippen molar-refractivity contribution < 1.29 is 19.4 Å². The normalized spacial score (nSPS) is 14.7. The van der Waals surface area contributed by atoms with Gasteiger partial charge in [0.05, 0.1) is 12.2 Å². The zero-order chi connectivity index (χ0) is 18.5. The molecule has 2 aromatic rings. The van der Waals surface area contributed by atoms with Crippen LogP contribution >= 0.6 is 0 Å². The van der Waals surface area contributed by atoms with E-state index in [4.69, 9.17) is 4.74 Å². The third-order valence-corrected chi connectivity index (χ3v) is 4.33. The standard InChI is InChI=1S/C20H22N2O4/c1-14(20(24)25)22(15-11-12-15)13-19(23)21-17-9-5-6-10-18(17)26-16-7-3-2-4-8-16/h2-10,14-15H,11-13H2,1H3,(H,21,23)(H,24,25). The van der Waals surface area contributed by atoms with Crippen molar-refractivity contribution in [2.75, 3.05) is 11.9 Å². The molecule has 0 spiro atoms. The van der Waals surface area contributed by atoms with Gasteiger partial charge in [-0.1, -0.05) is 30.3 Å².